The lowest BCUT2D eigenvalue weighted by Gasteiger charge is -2.37. The first-order chi connectivity index (χ1) is 35.4. The first kappa shape index (κ1) is 54.2. The molecule has 3 amide bonds. The van der Waals surface area contributed by atoms with Crippen molar-refractivity contribution in [2.45, 2.75) is 96.5 Å². The molecular formula is C59H63ClN8O6. The van der Waals surface area contributed by atoms with Gasteiger partial charge < -0.3 is 36.8 Å². The summed E-state index contributed by atoms with van der Waals surface area (Å²) in [6.07, 6.45) is 0.0682. The number of hydrogen-bond acceptors (Lipinski definition) is 10. The highest BCUT2D eigenvalue weighted by atomic mass is 35.5. The molecule has 1 aliphatic rings. The Hall–Kier alpha value is -7.59. The molecule has 9 rings (SSSR count). The molecule has 0 saturated carbocycles. The van der Waals surface area contributed by atoms with Gasteiger partial charge in [0.05, 0.1) is 77.8 Å². The third kappa shape index (κ3) is 12.2. The fraction of sp³-hybridized carbons (Fsp3) is 0.254. The van der Waals surface area contributed by atoms with Crippen LogP contribution in [0.25, 0.3) is 10.9 Å². The zero-order chi connectivity index (χ0) is 53.2. The van der Waals surface area contributed by atoms with Crippen LogP contribution in [0.15, 0.2) is 169 Å². The molecular weight excluding hydrogens is 952 g/mol. The quantitative estimate of drug-likeness (QED) is 0.0408. The Morgan fingerprint density at radius 1 is 0.662 bits per heavy atom. The van der Waals surface area contributed by atoms with Gasteiger partial charge in [-0.3, -0.25) is 14.8 Å². The highest BCUT2D eigenvalue weighted by Crippen LogP contribution is 2.43. The van der Waals surface area contributed by atoms with E-state index >= 15 is 0 Å². The van der Waals surface area contributed by atoms with Crippen LogP contribution in [-0.2, 0) is 36.5 Å². The maximum absolute atomic E-state index is 12.7. The van der Waals surface area contributed by atoms with E-state index in [2.05, 4.69) is 62.0 Å². The minimum atomic E-state index is -1.12. The van der Waals surface area contributed by atoms with Crippen molar-refractivity contribution in [3.63, 3.8) is 0 Å². The topological polar surface area (TPSA) is 221 Å². The molecule has 0 radical (unpaired) electrons. The maximum Gasteiger partial charge on any atom is 0.312 e. The standard InChI is InChI=1S/C27H22ClN3O.C21H25N3O3.C11H16N2O2/c1-19-26-23(18-32)29-25(28)17-24(26)31(30-19)27(20-11-5-2-6-12-20,21-13-7-3-8-14-21)22-15-9-4-10-16-22;1-13-19-15(11-22-13)9-16(23-17(19)12-25)10-18(26)24-20(21(2,3)27)14-7-5-4-6-8-14;1-11(2,15)9(13-10(12)14)8-6-4-3-5-7-8/h2-17,32H,18H2,1H3;4-9,20,25,27H,10-12H2,1-3H3,(H,24,26);3-7,9,15H,1-2H3,(H3,12,13,14)/t;20-;9-/m.00/s1. The molecule has 14 nitrogen and oxygen atoms in total. The third-order valence-corrected chi connectivity index (χ3v) is 13.0. The molecule has 0 unspecified atom stereocenters. The smallest absolute Gasteiger partial charge is 0.312 e. The highest BCUT2D eigenvalue weighted by Gasteiger charge is 2.41. The number of benzene rings is 5. The van der Waals surface area contributed by atoms with Crippen LogP contribution in [0.1, 0.15) is 108 Å². The fourth-order valence-corrected chi connectivity index (χ4v) is 9.76. The van der Waals surface area contributed by atoms with Crippen LogP contribution in [0.3, 0.4) is 0 Å². The van der Waals surface area contributed by atoms with Crippen molar-refractivity contribution < 1.29 is 30.0 Å². The van der Waals surface area contributed by atoms with E-state index in [0.29, 0.717) is 28.8 Å². The molecule has 3 aromatic heterocycles. The van der Waals surface area contributed by atoms with Crippen LogP contribution in [-0.4, -0.2) is 69.0 Å². The lowest BCUT2D eigenvalue weighted by molar-refractivity contribution is -0.123. The second kappa shape index (κ2) is 23.5. The number of fused-ring (bicyclic) bond motifs is 2. The van der Waals surface area contributed by atoms with Crippen LogP contribution in [0.4, 0.5) is 4.79 Å². The SMILES string of the molecule is CC(C)(O)[C@@H](NC(N)=O)c1ccccc1.CC1=NCc2cc(CC(=O)N[C@@H](c3ccccc3)C(C)(C)O)nc(CO)c21.Cc1nn(C(c2ccccc2)(c2ccccc2)c2ccccc2)c2cc(Cl)nc(CO)c12. The zero-order valence-corrected chi connectivity index (χ0v) is 43.1. The molecule has 15 heteroatoms. The van der Waals surface area contributed by atoms with E-state index in [1.807, 2.05) is 146 Å². The van der Waals surface area contributed by atoms with Gasteiger partial charge in [0.25, 0.3) is 0 Å². The maximum atomic E-state index is 12.7. The summed E-state index contributed by atoms with van der Waals surface area (Å²) in [5, 5.41) is 51.7. The fourth-order valence-electron chi connectivity index (χ4n) is 9.56. The number of rotatable bonds is 14. The molecule has 2 atom stereocenters. The molecule has 0 bridgehead atoms. The molecule has 5 aromatic carbocycles. The summed E-state index contributed by atoms with van der Waals surface area (Å²) < 4.78 is 2.03. The summed E-state index contributed by atoms with van der Waals surface area (Å²) in [6, 6.07) is 51.7. The normalized spacial score (nSPS) is 13.0. The molecule has 0 spiro atoms. The van der Waals surface area contributed by atoms with Crippen molar-refractivity contribution in [2.75, 3.05) is 0 Å². The summed E-state index contributed by atoms with van der Waals surface area (Å²) in [5.74, 6) is -0.238. The number of nitrogens with one attached hydrogen (secondary N) is 2. The van der Waals surface area contributed by atoms with Gasteiger partial charge in [0.1, 0.15) is 10.7 Å². The summed E-state index contributed by atoms with van der Waals surface area (Å²) >= 11 is 6.41. The number of halogens is 1. The molecule has 0 saturated heterocycles. The van der Waals surface area contributed by atoms with Crippen molar-refractivity contribution in [1.82, 2.24) is 30.4 Å². The van der Waals surface area contributed by atoms with Gasteiger partial charge in [-0.05, 0) is 81.0 Å². The number of pyridine rings is 2. The van der Waals surface area contributed by atoms with E-state index in [9.17, 15) is 30.0 Å². The van der Waals surface area contributed by atoms with Gasteiger partial charge in [0.15, 0.2) is 0 Å². The van der Waals surface area contributed by atoms with E-state index in [1.165, 1.54) is 0 Å². The Bertz CT molecular complexity index is 3100. The Morgan fingerprint density at radius 3 is 1.54 bits per heavy atom. The number of aliphatic imine (C=N–C) groups is 1. The van der Waals surface area contributed by atoms with Gasteiger partial charge in [-0.15, -0.1) is 0 Å². The monoisotopic (exact) mass is 1010 g/mol. The summed E-state index contributed by atoms with van der Waals surface area (Å²) in [6.45, 7) is 10.6. The number of nitrogens with two attached hydrogens (primary N) is 1. The number of carbonyl (C=O) groups excluding carboxylic acids is 2. The average Bonchev–Trinajstić information content (AvgIpc) is 3.93. The number of primary amides is 1. The minimum Gasteiger partial charge on any atom is -0.390 e. The lowest BCUT2D eigenvalue weighted by Crippen LogP contribution is -2.44. The van der Waals surface area contributed by atoms with Gasteiger partial charge in [-0.2, -0.15) is 5.10 Å². The second-order valence-electron chi connectivity index (χ2n) is 19.2. The number of aliphatic hydroxyl groups excluding tert-OH is 2. The molecule has 0 aliphatic carbocycles. The second-order valence-corrected chi connectivity index (χ2v) is 19.5. The minimum absolute atomic E-state index is 0.0682. The Balaban J connectivity index is 0.000000173. The summed E-state index contributed by atoms with van der Waals surface area (Å²) in [5.41, 5.74) is 13.0. The number of urea groups is 1. The summed E-state index contributed by atoms with van der Waals surface area (Å²) in [4.78, 5) is 36.7. The highest BCUT2D eigenvalue weighted by molar-refractivity contribution is 6.30. The molecule has 74 heavy (non-hydrogen) atoms. The van der Waals surface area contributed by atoms with E-state index in [-0.39, 0.29) is 25.5 Å². The van der Waals surface area contributed by atoms with Crippen molar-refractivity contribution in [3.05, 3.63) is 231 Å². The number of aryl methyl sites for hydroxylation is 1. The van der Waals surface area contributed by atoms with Crippen LogP contribution >= 0.6 is 11.6 Å². The molecule has 1 aliphatic heterocycles. The number of hydrogen-bond donors (Lipinski definition) is 7. The van der Waals surface area contributed by atoms with Gasteiger partial charge in [-0.1, -0.05) is 163 Å². The summed E-state index contributed by atoms with van der Waals surface area (Å²) in [7, 11) is 0. The van der Waals surface area contributed by atoms with Gasteiger partial charge in [0, 0.05) is 22.7 Å². The van der Waals surface area contributed by atoms with E-state index in [1.54, 1.807) is 27.7 Å². The first-order valence-corrected chi connectivity index (χ1v) is 24.6. The molecule has 0 fully saturated rings. The molecule has 4 heterocycles. The van der Waals surface area contributed by atoms with Crippen molar-refractivity contribution in [3.8, 4) is 0 Å². The van der Waals surface area contributed by atoms with Crippen molar-refractivity contribution in [2.24, 2.45) is 10.7 Å². The van der Waals surface area contributed by atoms with Crippen molar-refractivity contribution >= 4 is 40.2 Å². The van der Waals surface area contributed by atoms with Crippen LogP contribution in [0, 0.1) is 6.92 Å². The van der Waals surface area contributed by atoms with Crippen LogP contribution < -0.4 is 16.4 Å². The molecule has 382 valence electrons. The zero-order valence-electron chi connectivity index (χ0n) is 42.4. The third-order valence-electron chi connectivity index (χ3n) is 12.8. The van der Waals surface area contributed by atoms with E-state index < -0.39 is 34.9 Å². The molecule has 8 aromatic rings. The number of nitrogens with zero attached hydrogens (tertiary/aromatic N) is 5. The predicted octanol–water partition coefficient (Wildman–Crippen LogP) is 8.96. The van der Waals surface area contributed by atoms with Crippen molar-refractivity contribution in [1.29, 1.82) is 0 Å². The average molecular weight is 1020 g/mol. The largest absolute Gasteiger partial charge is 0.390 e. The lowest BCUT2D eigenvalue weighted by atomic mass is 9.77. The van der Waals surface area contributed by atoms with E-state index in [0.717, 1.165) is 61.3 Å². The van der Waals surface area contributed by atoms with Crippen LogP contribution in [0.5, 0.6) is 0 Å². The first-order valence-electron chi connectivity index (χ1n) is 24.2. The Labute approximate surface area is 436 Å². The Morgan fingerprint density at radius 2 is 1.11 bits per heavy atom. The number of carbonyl (C=O) groups is 2. The molecule has 8 N–H and O–H groups in total. The Kier molecular flexibility index (Phi) is 17.2. The van der Waals surface area contributed by atoms with Gasteiger partial charge >= 0.3 is 6.03 Å². The van der Waals surface area contributed by atoms with Crippen LogP contribution in [0.2, 0.25) is 5.15 Å². The predicted molar refractivity (Wildman–Crippen MR) is 289 cm³/mol. The van der Waals surface area contributed by atoms with Gasteiger partial charge in [0.2, 0.25) is 5.91 Å². The van der Waals surface area contributed by atoms with E-state index in [4.69, 9.17) is 22.4 Å². The number of aromatic nitrogens is 4. The number of amides is 3. The van der Waals surface area contributed by atoms with Gasteiger partial charge in [-0.25, -0.2) is 14.5 Å². The number of aliphatic hydroxyl groups is 4.